The van der Waals surface area contributed by atoms with Crippen molar-refractivity contribution >= 4 is 29.0 Å². The van der Waals surface area contributed by atoms with Gasteiger partial charge >= 0.3 is 6.36 Å². The Balaban J connectivity index is 1.45. The molecule has 0 spiro atoms. The summed E-state index contributed by atoms with van der Waals surface area (Å²) in [5, 5.41) is 0.0996. The van der Waals surface area contributed by atoms with Gasteiger partial charge in [0.15, 0.2) is 0 Å². The van der Waals surface area contributed by atoms with Gasteiger partial charge in [-0.2, -0.15) is 5.43 Å². The third-order valence-electron chi connectivity index (χ3n) is 4.86. The van der Waals surface area contributed by atoms with Crippen LogP contribution in [0.25, 0.3) is 0 Å². The van der Waals surface area contributed by atoms with Crippen molar-refractivity contribution in [3.63, 3.8) is 0 Å². The molecular formula is C23H17Cl2F4N3O2. The van der Waals surface area contributed by atoms with Crippen molar-refractivity contribution in [3.8, 4) is 11.5 Å². The molecule has 34 heavy (non-hydrogen) atoms. The van der Waals surface area contributed by atoms with Crippen LogP contribution in [0.15, 0.2) is 71.7 Å². The van der Waals surface area contributed by atoms with Crippen LogP contribution in [0.3, 0.4) is 0 Å². The minimum Gasteiger partial charge on any atom is -0.489 e. The van der Waals surface area contributed by atoms with Gasteiger partial charge in [0.2, 0.25) is 5.12 Å². The van der Waals surface area contributed by atoms with E-state index in [9.17, 15) is 17.6 Å². The molecule has 1 N–H and O–H groups in total. The molecule has 0 aliphatic carbocycles. The quantitative estimate of drug-likeness (QED) is 0.242. The van der Waals surface area contributed by atoms with Crippen molar-refractivity contribution in [3.05, 3.63) is 94.3 Å². The van der Waals surface area contributed by atoms with Gasteiger partial charge in [-0.25, -0.2) is 9.38 Å². The smallest absolute Gasteiger partial charge is 0.489 e. The molecule has 1 aliphatic heterocycles. The van der Waals surface area contributed by atoms with Crippen molar-refractivity contribution in [1.82, 2.24) is 10.4 Å². The number of hydrogen-bond acceptors (Lipinski definition) is 5. The molecule has 0 aromatic heterocycles. The first-order chi connectivity index (χ1) is 16.0. The Hall–Kier alpha value is -3.01. The lowest BCUT2D eigenvalue weighted by Gasteiger charge is -2.23. The highest BCUT2D eigenvalue weighted by Crippen LogP contribution is 2.39. The number of benzene rings is 3. The average Bonchev–Trinajstić information content (AvgIpc) is 3.07. The van der Waals surface area contributed by atoms with Crippen LogP contribution in [0.5, 0.6) is 11.5 Å². The van der Waals surface area contributed by atoms with Crippen LogP contribution in [0.4, 0.5) is 17.6 Å². The van der Waals surface area contributed by atoms with E-state index in [2.05, 4.69) is 15.2 Å². The minimum atomic E-state index is -4.74. The molecule has 3 aromatic carbocycles. The van der Waals surface area contributed by atoms with Crippen LogP contribution in [-0.2, 0) is 11.7 Å². The van der Waals surface area contributed by atoms with E-state index >= 15 is 0 Å². The van der Waals surface area contributed by atoms with Crippen LogP contribution >= 0.6 is 23.2 Å². The molecule has 0 radical (unpaired) electrons. The minimum absolute atomic E-state index is 0.0202. The fourth-order valence-corrected chi connectivity index (χ4v) is 4.11. The summed E-state index contributed by atoms with van der Waals surface area (Å²) in [6.45, 7) is 0.143. The second-order valence-corrected chi connectivity index (χ2v) is 8.28. The van der Waals surface area contributed by atoms with E-state index in [1.807, 2.05) is 0 Å². The highest BCUT2D eigenvalue weighted by atomic mass is 35.5. The first-order valence-corrected chi connectivity index (χ1v) is 10.6. The Morgan fingerprint density at radius 1 is 1.00 bits per heavy atom. The highest BCUT2D eigenvalue weighted by molar-refractivity contribution is 6.33. The van der Waals surface area contributed by atoms with E-state index in [1.165, 1.54) is 42.5 Å². The van der Waals surface area contributed by atoms with Gasteiger partial charge in [-0.05, 0) is 54.1 Å². The normalized spacial score (nSPS) is 18.1. The number of halogens is 6. The number of aliphatic imine (C=N–C) groups is 1. The van der Waals surface area contributed by atoms with Crippen LogP contribution in [0, 0.1) is 5.82 Å². The highest BCUT2D eigenvalue weighted by Gasteiger charge is 2.41. The zero-order chi connectivity index (χ0) is 24.5. The SMILES string of the molecule is CN1NC(Cl)(c2c(F)cccc2Cl)N=C1c1ccc(OCc2ccc(OC(F)(F)F)cc2)cc1. The van der Waals surface area contributed by atoms with Crippen LogP contribution in [0.2, 0.25) is 5.02 Å². The fourth-order valence-electron chi connectivity index (χ4n) is 3.36. The molecule has 3 aromatic rings. The first-order valence-electron chi connectivity index (χ1n) is 9.87. The number of ether oxygens (including phenoxy) is 2. The summed E-state index contributed by atoms with van der Waals surface area (Å²) in [5.74, 6) is 0.0989. The van der Waals surface area contributed by atoms with E-state index in [1.54, 1.807) is 36.3 Å². The summed E-state index contributed by atoms with van der Waals surface area (Å²) in [6, 6.07) is 16.6. The van der Waals surface area contributed by atoms with Gasteiger partial charge in [-0.3, -0.25) is 5.01 Å². The molecule has 0 amide bonds. The van der Waals surface area contributed by atoms with E-state index in [0.717, 1.165) is 0 Å². The van der Waals surface area contributed by atoms with Gasteiger partial charge in [0, 0.05) is 12.6 Å². The Morgan fingerprint density at radius 3 is 2.26 bits per heavy atom. The Bertz CT molecular complexity index is 1180. The molecular weight excluding hydrogens is 497 g/mol. The molecule has 1 aliphatic rings. The van der Waals surface area contributed by atoms with E-state index in [4.69, 9.17) is 27.9 Å². The first kappa shape index (κ1) is 24.1. The van der Waals surface area contributed by atoms with Gasteiger partial charge in [-0.15, -0.1) is 13.2 Å². The predicted octanol–water partition coefficient (Wildman–Crippen LogP) is 6.20. The molecule has 4 rings (SSSR count). The van der Waals surface area contributed by atoms with Crippen molar-refractivity contribution in [1.29, 1.82) is 0 Å². The second kappa shape index (κ2) is 9.32. The molecule has 0 saturated carbocycles. The largest absolute Gasteiger partial charge is 0.573 e. The number of nitrogens with one attached hydrogen (secondary N) is 1. The molecule has 1 atom stereocenters. The zero-order valence-electron chi connectivity index (χ0n) is 17.5. The fraction of sp³-hybridized carbons (Fsp3) is 0.174. The lowest BCUT2D eigenvalue weighted by molar-refractivity contribution is -0.274. The molecule has 0 saturated heterocycles. The van der Waals surface area contributed by atoms with Crippen LogP contribution < -0.4 is 14.9 Å². The Kier molecular flexibility index (Phi) is 6.62. The monoisotopic (exact) mass is 513 g/mol. The molecule has 1 unspecified atom stereocenters. The lowest BCUT2D eigenvalue weighted by atomic mass is 10.1. The number of amidine groups is 1. The summed E-state index contributed by atoms with van der Waals surface area (Å²) < 4.78 is 60.7. The number of alkyl halides is 4. The zero-order valence-corrected chi connectivity index (χ0v) is 19.0. The van der Waals surface area contributed by atoms with Crippen LogP contribution in [-0.4, -0.2) is 24.3 Å². The van der Waals surface area contributed by atoms with Gasteiger partial charge in [0.05, 0.1) is 10.6 Å². The third kappa shape index (κ3) is 5.38. The van der Waals surface area contributed by atoms with Crippen molar-refractivity contribution < 1.29 is 27.0 Å². The van der Waals surface area contributed by atoms with Gasteiger partial charge in [0.25, 0.3) is 0 Å². The maximum atomic E-state index is 14.4. The van der Waals surface area contributed by atoms with Gasteiger partial charge < -0.3 is 9.47 Å². The molecule has 11 heteroatoms. The van der Waals surface area contributed by atoms with Crippen LogP contribution in [0.1, 0.15) is 16.7 Å². The lowest BCUT2D eigenvalue weighted by Crippen LogP contribution is -2.42. The van der Waals surface area contributed by atoms with Gasteiger partial charge in [0.1, 0.15) is 29.8 Å². The molecule has 178 valence electrons. The summed E-state index contributed by atoms with van der Waals surface area (Å²) in [6.07, 6.45) is -4.74. The summed E-state index contributed by atoms with van der Waals surface area (Å²) in [5.41, 5.74) is 4.28. The molecule has 0 fully saturated rings. The maximum Gasteiger partial charge on any atom is 0.573 e. The van der Waals surface area contributed by atoms with E-state index in [-0.39, 0.29) is 22.9 Å². The Morgan fingerprint density at radius 2 is 1.65 bits per heavy atom. The molecule has 1 heterocycles. The van der Waals surface area contributed by atoms with Gasteiger partial charge in [-0.1, -0.05) is 41.4 Å². The maximum absolute atomic E-state index is 14.4. The number of hydrazine groups is 1. The standard InChI is InChI=1S/C23H17Cl2F4N3O2/c1-32-21(30-22(25,31-32)20-18(24)3-2-4-19(20)26)15-7-11-16(12-8-15)33-13-14-5-9-17(10-6-14)34-23(27,28)29/h2-12,31H,13H2,1H3. The van der Waals surface area contributed by atoms with Crippen molar-refractivity contribution in [2.24, 2.45) is 4.99 Å². The third-order valence-corrected chi connectivity index (χ3v) is 5.54. The summed E-state index contributed by atoms with van der Waals surface area (Å²) in [7, 11) is 1.69. The summed E-state index contributed by atoms with van der Waals surface area (Å²) >= 11 is 12.7. The van der Waals surface area contributed by atoms with Crippen molar-refractivity contribution in [2.75, 3.05) is 7.05 Å². The van der Waals surface area contributed by atoms with E-state index < -0.39 is 17.3 Å². The van der Waals surface area contributed by atoms with Crippen molar-refractivity contribution in [2.45, 2.75) is 18.1 Å². The summed E-state index contributed by atoms with van der Waals surface area (Å²) in [4.78, 5) is 4.46. The second-order valence-electron chi connectivity index (χ2n) is 7.33. The number of hydrogen-bond donors (Lipinski definition) is 1. The predicted molar refractivity (Wildman–Crippen MR) is 120 cm³/mol. The average molecular weight is 514 g/mol. The van der Waals surface area contributed by atoms with E-state index in [0.29, 0.717) is 22.7 Å². The Labute approximate surface area is 202 Å². The topological polar surface area (TPSA) is 46.1 Å². The molecule has 0 bridgehead atoms. The number of nitrogens with zero attached hydrogens (tertiary/aromatic N) is 2. The number of rotatable bonds is 6. The molecule has 5 nitrogen and oxygen atoms in total.